The summed E-state index contributed by atoms with van der Waals surface area (Å²) in [5.41, 5.74) is -0.153. The summed E-state index contributed by atoms with van der Waals surface area (Å²) in [6.45, 7) is 2.20. The molecule has 1 aromatic carbocycles. The van der Waals surface area contributed by atoms with Gasteiger partial charge in [-0.1, -0.05) is 6.92 Å². The number of amides is 1. The molecule has 6 heteroatoms. The Bertz CT molecular complexity index is 522. The molecule has 0 unspecified atom stereocenters. The first kappa shape index (κ1) is 14.3. The van der Waals surface area contributed by atoms with Gasteiger partial charge in [0, 0.05) is 17.7 Å². The molecule has 1 aromatic rings. The van der Waals surface area contributed by atoms with Gasteiger partial charge in [-0.2, -0.15) is 0 Å². The zero-order valence-corrected chi connectivity index (χ0v) is 11.3. The van der Waals surface area contributed by atoms with E-state index in [2.05, 4.69) is 12.2 Å². The van der Waals surface area contributed by atoms with Crippen molar-refractivity contribution in [3.63, 3.8) is 0 Å². The van der Waals surface area contributed by atoms with Gasteiger partial charge < -0.3 is 10.4 Å². The van der Waals surface area contributed by atoms with Crippen LogP contribution in [0.25, 0.3) is 0 Å². The van der Waals surface area contributed by atoms with E-state index in [1.54, 1.807) is 0 Å². The van der Waals surface area contributed by atoms with E-state index in [0.717, 1.165) is 37.8 Å². The van der Waals surface area contributed by atoms with Crippen LogP contribution in [0.3, 0.4) is 0 Å². The number of carbonyl (C=O) groups is 1. The van der Waals surface area contributed by atoms with Crippen LogP contribution in [-0.4, -0.2) is 22.0 Å². The SMILES string of the molecule is CC1CCC(NC(=O)c2ccc([N+](=O)[O-])c(O)c2)CC1. The first-order valence-electron chi connectivity index (χ1n) is 6.75. The summed E-state index contributed by atoms with van der Waals surface area (Å²) in [6.07, 6.45) is 4.09. The van der Waals surface area contributed by atoms with E-state index >= 15 is 0 Å². The van der Waals surface area contributed by atoms with Crippen LogP contribution in [0.2, 0.25) is 0 Å². The molecule has 108 valence electrons. The number of rotatable bonds is 3. The van der Waals surface area contributed by atoms with E-state index < -0.39 is 16.4 Å². The third-order valence-corrected chi connectivity index (χ3v) is 3.79. The minimum Gasteiger partial charge on any atom is -0.502 e. The van der Waals surface area contributed by atoms with Crippen LogP contribution < -0.4 is 5.32 Å². The summed E-state index contributed by atoms with van der Waals surface area (Å²) in [7, 11) is 0. The second kappa shape index (κ2) is 5.90. The zero-order valence-electron chi connectivity index (χ0n) is 11.3. The largest absolute Gasteiger partial charge is 0.502 e. The summed E-state index contributed by atoms with van der Waals surface area (Å²) in [4.78, 5) is 22.0. The molecule has 1 saturated carbocycles. The number of nitro groups is 1. The topological polar surface area (TPSA) is 92.5 Å². The van der Waals surface area contributed by atoms with Crippen LogP contribution in [-0.2, 0) is 0 Å². The molecule has 0 aliphatic heterocycles. The summed E-state index contributed by atoms with van der Waals surface area (Å²) in [5.74, 6) is -0.0822. The Kier molecular flexibility index (Phi) is 4.22. The zero-order chi connectivity index (χ0) is 14.7. The Labute approximate surface area is 117 Å². The molecule has 1 amide bonds. The van der Waals surface area contributed by atoms with Crippen LogP contribution in [0.5, 0.6) is 5.75 Å². The second-order valence-corrected chi connectivity index (χ2v) is 5.39. The summed E-state index contributed by atoms with van der Waals surface area (Å²) < 4.78 is 0. The first-order chi connectivity index (χ1) is 9.47. The van der Waals surface area contributed by atoms with E-state index in [-0.39, 0.29) is 17.5 Å². The number of phenolic OH excluding ortho intramolecular Hbond substituents is 1. The predicted molar refractivity (Wildman–Crippen MR) is 73.6 cm³/mol. The van der Waals surface area contributed by atoms with Gasteiger partial charge in [0.05, 0.1) is 4.92 Å². The maximum absolute atomic E-state index is 12.0. The Morgan fingerprint density at radius 1 is 1.35 bits per heavy atom. The third-order valence-electron chi connectivity index (χ3n) is 3.79. The molecule has 1 fully saturated rings. The molecule has 0 radical (unpaired) electrons. The average molecular weight is 278 g/mol. The van der Waals surface area contributed by atoms with Crippen molar-refractivity contribution in [3.05, 3.63) is 33.9 Å². The fourth-order valence-corrected chi connectivity index (χ4v) is 2.49. The lowest BCUT2D eigenvalue weighted by atomic mass is 9.87. The van der Waals surface area contributed by atoms with Crippen LogP contribution in [0.15, 0.2) is 18.2 Å². The molecule has 1 aliphatic carbocycles. The van der Waals surface area contributed by atoms with Gasteiger partial charge in [0.15, 0.2) is 5.75 Å². The smallest absolute Gasteiger partial charge is 0.310 e. The molecule has 20 heavy (non-hydrogen) atoms. The maximum atomic E-state index is 12.0. The highest BCUT2D eigenvalue weighted by Crippen LogP contribution is 2.27. The van der Waals surface area contributed by atoms with Crippen LogP contribution in [0.1, 0.15) is 43.0 Å². The van der Waals surface area contributed by atoms with Crippen molar-refractivity contribution in [2.24, 2.45) is 5.92 Å². The maximum Gasteiger partial charge on any atom is 0.310 e. The van der Waals surface area contributed by atoms with Crippen molar-refractivity contribution < 1.29 is 14.8 Å². The van der Waals surface area contributed by atoms with Gasteiger partial charge in [0.2, 0.25) is 0 Å². The second-order valence-electron chi connectivity index (χ2n) is 5.39. The minimum absolute atomic E-state index is 0.149. The van der Waals surface area contributed by atoms with Gasteiger partial charge in [-0.15, -0.1) is 0 Å². The minimum atomic E-state index is -0.681. The van der Waals surface area contributed by atoms with Crippen molar-refractivity contribution in [2.45, 2.75) is 38.6 Å². The highest BCUT2D eigenvalue weighted by Gasteiger charge is 2.21. The highest BCUT2D eigenvalue weighted by atomic mass is 16.6. The molecule has 1 aliphatic rings. The van der Waals surface area contributed by atoms with Gasteiger partial charge in [0.25, 0.3) is 5.91 Å². The number of aromatic hydroxyl groups is 1. The van der Waals surface area contributed by atoms with Gasteiger partial charge in [-0.3, -0.25) is 14.9 Å². The van der Waals surface area contributed by atoms with Gasteiger partial charge in [-0.05, 0) is 43.7 Å². The first-order valence-corrected chi connectivity index (χ1v) is 6.75. The number of nitrogens with zero attached hydrogens (tertiary/aromatic N) is 1. The van der Waals surface area contributed by atoms with Crippen molar-refractivity contribution in [1.29, 1.82) is 0 Å². The molecule has 6 nitrogen and oxygen atoms in total. The monoisotopic (exact) mass is 278 g/mol. The van der Waals surface area contributed by atoms with Gasteiger partial charge >= 0.3 is 5.69 Å². The quantitative estimate of drug-likeness (QED) is 0.656. The summed E-state index contributed by atoms with van der Waals surface area (Å²) in [5, 5.41) is 23.0. The fraction of sp³-hybridized carbons (Fsp3) is 0.500. The van der Waals surface area contributed by atoms with Crippen LogP contribution >= 0.6 is 0 Å². The lowest BCUT2D eigenvalue weighted by molar-refractivity contribution is -0.385. The molecule has 2 rings (SSSR count). The Hall–Kier alpha value is -2.11. The molecule has 0 aromatic heterocycles. The number of benzene rings is 1. The lowest BCUT2D eigenvalue weighted by Gasteiger charge is -2.26. The lowest BCUT2D eigenvalue weighted by Crippen LogP contribution is -2.37. The molecule has 0 spiro atoms. The molecule has 0 bridgehead atoms. The predicted octanol–water partition coefficient (Wildman–Crippen LogP) is 2.61. The van der Waals surface area contributed by atoms with Crippen LogP contribution in [0.4, 0.5) is 5.69 Å². The Morgan fingerprint density at radius 2 is 2.00 bits per heavy atom. The average Bonchev–Trinajstić information content (AvgIpc) is 2.40. The van der Waals surface area contributed by atoms with Crippen molar-refractivity contribution >= 4 is 11.6 Å². The van der Waals surface area contributed by atoms with E-state index in [9.17, 15) is 20.0 Å². The normalized spacial score (nSPS) is 22.2. The Morgan fingerprint density at radius 3 is 2.55 bits per heavy atom. The molecule has 2 N–H and O–H groups in total. The number of phenols is 1. The van der Waals surface area contributed by atoms with E-state index in [0.29, 0.717) is 5.92 Å². The van der Waals surface area contributed by atoms with Crippen molar-refractivity contribution in [3.8, 4) is 5.75 Å². The molecule has 0 heterocycles. The molecular weight excluding hydrogens is 260 g/mol. The Balaban J connectivity index is 2.02. The van der Waals surface area contributed by atoms with Crippen LogP contribution in [0, 0.1) is 16.0 Å². The van der Waals surface area contributed by atoms with E-state index in [1.807, 2.05) is 0 Å². The van der Waals surface area contributed by atoms with E-state index in [1.165, 1.54) is 6.07 Å². The molecule has 0 atom stereocenters. The highest BCUT2D eigenvalue weighted by molar-refractivity contribution is 5.95. The number of hydrogen-bond acceptors (Lipinski definition) is 4. The number of carbonyl (C=O) groups excluding carboxylic acids is 1. The standard InChI is InChI=1S/C14H18N2O4/c1-9-2-5-11(6-3-9)15-14(18)10-4-7-12(16(19)20)13(17)8-10/h4,7-9,11,17H,2-3,5-6H2,1H3,(H,15,18). The van der Waals surface area contributed by atoms with Crippen molar-refractivity contribution in [1.82, 2.24) is 5.32 Å². The fourth-order valence-electron chi connectivity index (χ4n) is 2.49. The summed E-state index contributed by atoms with van der Waals surface area (Å²) in [6, 6.07) is 3.79. The van der Waals surface area contributed by atoms with E-state index in [4.69, 9.17) is 0 Å². The third kappa shape index (κ3) is 3.26. The summed E-state index contributed by atoms with van der Waals surface area (Å²) >= 11 is 0. The number of hydrogen-bond donors (Lipinski definition) is 2. The van der Waals surface area contributed by atoms with Gasteiger partial charge in [-0.25, -0.2) is 0 Å². The molecular formula is C14H18N2O4. The number of nitro benzene ring substituents is 1. The molecule has 0 saturated heterocycles. The number of nitrogens with one attached hydrogen (secondary N) is 1. The van der Waals surface area contributed by atoms with Crippen molar-refractivity contribution in [2.75, 3.05) is 0 Å². The van der Waals surface area contributed by atoms with Gasteiger partial charge in [0.1, 0.15) is 0 Å².